The van der Waals surface area contributed by atoms with Crippen LogP contribution in [0.25, 0.3) is 0 Å². The van der Waals surface area contributed by atoms with Crippen LogP contribution >= 0.6 is 0 Å². The van der Waals surface area contributed by atoms with Crippen molar-refractivity contribution in [3.8, 4) is 0 Å². The van der Waals surface area contributed by atoms with Crippen LogP contribution < -0.4 is 0 Å². The number of carbonyl (C=O) groups is 1. The average molecular weight is 206 g/mol. The molecule has 0 radical (unpaired) electrons. The molecule has 80 valence electrons. The maximum Gasteiger partial charge on any atom is 0.138 e. The van der Waals surface area contributed by atoms with E-state index in [2.05, 4.69) is 9.97 Å². The zero-order valence-electron chi connectivity index (χ0n) is 8.47. The summed E-state index contributed by atoms with van der Waals surface area (Å²) in [5.41, 5.74) is 0.498. The second kappa shape index (κ2) is 4.49. The van der Waals surface area contributed by atoms with Gasteiger partial charge in [-0.1, -0.05) is 6.42 Å². The first-order valence-corrected chi connectivity index (χ1v) is 5.26. The summed E-state index contributed by atoms with van der Waals surface area (Å²) in [4.78, 5) is 19.5. The third-order valence-corrected chi connectivity index (χ3v) is 2.87. The van der Waals surface area contributed by atoms with Gasteiger partial charge in [-0.3, -0.25) is 14.8 Å². The molecule has 0 amide bonds. The molecule has 0 bridgehead atoms. The molecule has 1 saturated carbocycles. The molecule has 2 unspecified atom stereocenters. The summed E-state index contributed by atoms with van der Waals surface area (Å²) in [5, 5.41) is 9.99. The first-order valence-electron chi connectivity index (χ1n) is 5.26. The Hall–Kier alpha value is -1.29. The third kappa shape index (κ3) is 2.21. The number of hydrogen-bond donors (Lipinski definition) is 1. The van der Waals surface area contributed by atoms with Crippen molar-refractivity contribution in [1.29, 1.82) is 0 Å². The number of aliphatic hydroxyl groups is 1. The van der Waals surface area contributed by atoms with Crippen LogP contribution in [0.3, 0.4) is 0 Å². The summed E-state index contributed by atoms with van der Waals surface area (Å²) in [6.45, 7) is 0. The Morgan fingerprint density at radius 1 is 1.40 bits per heavy atom. The van der Waals surface area contributed by atoms with Crippen molar-refractivity contribution < 1.29 is 9.90 Å². The van der Waals surface area contributed by atoms with Crippen LogP contribution in [0, 0.1) is 5.92 Å². The van der Waals surface area contributed by atoms with Gasteiger partial charge in [-0.2, -0.15) is 0 Å². The van der Waals surface area contributed by atoms with Crippen LogP contribution in [0.5, 0.6) is 0 Å². The molecule has 1 N–H and O–H groups in total. The molecule has 1 aliphatic rings. The third-order valence-electron chi connectivity index (χ3n) is 2.87. The van der Waals surface area contributed by atoms with Gasteiger partial charge in [0.15, 0.2) is 0 Å². The maximum atomic E-state index is 11.6. The Bertz CT molecular complexity index is 340. The molecule has 4 nitrogen and oxygen atoms in total. The zero-order valence-corrected chi connectivity index (χ0v) is 8.47. The fraction of sp³-hybridized carbons (Fsp3) is 0.545. The lowest BCUT2D eigenvalue weighted by atomic mass is 9.83. The number of nitrogens with zero attached hydrogens (tertiary/aromatic N) is 2. The van der Waals surface area contributed by atoms with Gasteiger partial charge >= 0.3 is 0 Å². The van der Waals surface area contributed by atoms with Gasteiger partial charge in [0.1, 0.15) is 11.9 Å². The van der Waals surface area contributed by atoms with Gasteiger partial charge in [-0.25, -0.2) is 0 Å². The fourth-order valence-corrected chi connectivity index (χ4v) is 2.01. The first-order chi connectivity index (χ1) is 7.29. The molecule has 1 heterocycles. The topological polar surface area (TPSA) is 63.1 Å². The number of hydrogen-bond acceptors (Lipinski definition) is 4. The summed E-state index contributed by atoms with van der Waals surface area (Å²) in [6, 6.07) is 0. The van der Waals surface area contributed by atoms with E-state index >= 15 is 0 Å². The van der Waals surface area contributed by atoms with E-state index in [-0.39, 0.29) is 11.7 Å². The molecule has 1 aromatic rings. The van der Waals surface area contributed by atoms with Crippen LogP contribution in [0.2, 0.25) is 0 Å². The number of rotatable bonds is 2. The molecule has 0 aliphatic heterocycles. The average Bonchev–Trinajstić information content (AvgIpc) is 2.30. The van der Waals surface area contributed by atoms with Gasteiger partial charge in [0.25, 0.3) is 0 Å². The molecule has 2 rings (SSSR count). The van der Waals surface area contributed by atoms with Crippen LogP contribution in [0.4, 0.5) is 0 Å². The predicted molar refractivity (Wildman–Crippen MR) is 54.0 cm³/mol. The summed E-state index contributed by atoms with van der Waals surface area (Å²) in [6.07, 6.45) is 7.12. The second-order valence-corrected chi connectivity index (χ2v) is 3.89. The SMILES string of the molecule is O=C1CCCCC1C(O)c1cnccn1. The predicted octanol–water partition coefficient (Wildman–Crippen LogP) is 1.27. The summed E-state index contributed by atoms with van der Waals surface area (Å²) < 4.78 is 0. The van der Waals surface area contributed by atoms with Crippen molar-refractivity contribution in [2.75, 3.05) is 0 Å². The molecular formula is C11H14N2O2. The van der Waals surface area contributed by atoms with Crippen LogP contribution in [0.15, 0.2) is 18.6 Å². The largest absolute Gasteiger partial charge is 0.386 e. The van der Waals surface area contributed by atoms with Gasteiger partial charge in [0.05, 0.1) is 11.9 Å². The molecule has 0 spiro atoms. The number of carbonyl (C=O) groups excluding carboxylic acids is 1. The molecule has 0 aromatic carbocycles. The van der Waals surface area contributed by atoms with E-state index in [0.717, 1.165) is 19.3 Å². The number of Topliss-reactive ketones (excluding diaryl/α,β-unsaturated/α-hetero) is 1. The van der Waals surface area contributed by atoms with Gasteiger partial charge in [0, 0.05) is 24.7 Å². The van der Waals surface area contributed by atoms with E-state index in [4.69, 9.17) is 0 Å². The Balaban J connectivity index is 2.13. The van der Waals surface area contributed by atoms with E-state index in [1.54, 1.807) is 6.20 Å². The molecule has 2 atom stereocenters. The Morgan fingerprint density at radius 3 is 2.93 bits per heavy atom. The van der Waals surface area contributed by atoms with E-state index in [0.29, 0.717) is 12.1 Å². The monoisotopic (exact) mass is 206 g/mol. The normalized spacial score (nSPS) is 23.8. The highest BCUT2D eigenvalue weighted by molar-refractivity contribution is 5.82. The van der Waals surface area contributed by atoms with Gasteiger partial charge in [-0.15, -0.1) is 0 Å². The van der Waals surface area contributed by atoms with Crippen molar-refractivity contribution in [1.82, 2.24) is 9.97 Å². The van der Waals surface area contributed by atoms with E-state index in [9.17, 15) is 9.90 Å². The molecule has 15 heavy (non-hydrogen) atoms. The zero-order chi connectivity index (χ0) is 10.7. The van der Waals surface area contributed by atoms with Gasteiger partial charge < -0.3 is 5.11 Å². The minimum atomic E-state index is -0.786. The smallest absolute Gasteiger partial charge is 0.138 e. The van der Waals surface area contributed by atoms with E-state index in [1.165, 1.54) is 12.4 Å². The van der Waals surface area contributed by atoms with Gasteiger partial charge in [0.2, 0.25) is 0 Å². The molecule has 1 aliphatic carbocycles. The van der Waals surface area contributed by atoms with Crippen LogP contribution in [-0.4, -0.2) is 20.9 Å². The lowest BCUT2D eigenvalue weighted by Gasteiger charge is -2.24. The summed E-state index contributed by atoms with van der Waals surface area (Å²) >= 11 is 0. The van der Waals surface area contributed by atoms with Gasteiger partial charge in [-0.05, 0) is 12.8 Å². The molecule has 1 fully saturated rings. The van der Waals surface area contributed by atoms with Crippen molar-refractivity contribution in [3.63, 3.8) is 0 Å². The lowest BCUT2D eigenvalue weighted by molar-refractivity contribution is -0.128. The highest BCUT2D eigenvalue weighted by atomic mass is 16.3. The minimum absolute atomic E-state index is 0.152. The second-order valence-electron chi connectivity index (χ2n) is 3.89. The Labute approximate surface area is 88.4 Å². The number of aliphatic hydroxyl groups excluding tert-OH is 1. The van der Waals surface area contributed by atoms with E-state index in [1.807, 2.05) is 0 Å². The fourth-order valence-electron chi connectivity index (χ4n) is 2.01. The van der Waals surface area contributed by atoms with Crippen LogP contribution in [0.1, 0.15) is 37.5 Å². The molecular weight excluding hydrogens is 192 g/mol. The highest BCUT2D eigenvalue weighted by Gasteiger charge is 2.30. The van der Waals surface area contributed by atoms with Crippen molar-refractivity contribution in [2.45, 2.75) is 31.8 Å². The number of ketones is 1. The molecule has 4 heteroatoms. The van der Waals surface area contributed by atoms with Crippen molar-refractivity contribution in [2.24, 2.45) is 5.92 Å². The van der Waals surface area contributed by atoms with Crippen molar-refractivity contribution >= 4 is 5.78 Å². The lowest BCUT2D eigenvalue weighted by Crippen LogP contribution is -2.26. The summed E-state index contributed by atoms with van der Waals surface area (Å²) in [7, 11) is 0. The number of aromatic nitrogens is 2. The Kier molecular flexibility index (Phi) is 3.06. The Morgan fingerprint density at radius 2 is 2.27 bits per heavy atom. The first kappa shape index (κ1) is 10.2. The quantitative estimate of drug-likeness (QED) is 0.791. The van der Waals surface area contributed by atoms with E-state index < -0.39 is 6.10 Å². The summed E-state index contributed by atoms with van der Waals surface area (Å²) in [5.74, 6) is -0.130. The maximum absolute atomic E-state index is 11.6. The molecule has 1 aromatic heterocycles. The standard InChI is InChI=1S/C11H14N2O2/c14-10-4-2-1-3-8(10)11(15)9-7-12-5-6-13-9/h5-8,11,15H,1-4H2. The molecule has 0 saturated heterocycles. The highest BCUT2D eigenvalue weighted by Crippen LogP contribution is 2.30. The van der Waals surface area contributed by atoms with Crippen LogP contribution in [-0.2, 0) is 4.79 Å². The minimum Gasteiger partial charge on any atom is -0.386 e. The van der Waals surface area contributed by atoms with Crippen molar-refractivity contribution in [3.05, 3.63) is 24.3 Å².